The highest BCUT2D eigenvalue weighted by atomic mass is 19.4. The van der Waals surface area contributed by atoms with E-state index in [-0.39, 0.29) is 10.4 Å². The van der Waals surface area contributed by atoms with Crippen molar-refractivity contribution in [1.29, 1.82) is 0 Å². The molecule has 0 saturated heterocycles. The summed E-state index contributed by atoms with van der Waals surface area (Å²) in [5.74, 6) is -1.36. The van der Waals surface area contributed by atoms with Crippen molar-refractivity contribution in [1.82, 2.24) is 20.0 Å². The smallest absolute Gasteiger partial charge is 0.301 e. The molecule has 0 aliphatic heterocycles. The van der Waals surface area contributed by atoms with Crippen LogP contribution in [0.15, 0.2) is 24.7 Å². The standard InChI is InChI=1S/C13H10F7N5O/c14-9(15)5-24(7-1-2-21-22-3-7)12(26)8-4-23-25(6-13(18,19)20)10(8)11(16)17/h1-4,9,11H,5-6H2. The van der Waals surface area contributed by atoms with Crippen LogP contribution in [-0.4, -0.2) is 45.0 Å². The molecule has 0 atom stereocenters. The van der Waals surface area contributed by atoms with Crippen molar-refractivity contribution in [3.63, 3.8) is 0 Å². The monoisotopic (exact) mass is 385 g/mol. The van der Waals surface area contributed by atoms with E-state index in [0.717, 1.165) is 18.5 Å². The fourth-order valence-corrected chi connectivity index (χ4v) is 2.12. The molecular formula is C13H10F7N5O. The SMILES string of the molecule is O=C(c1cnn(CC(F)(F)F)c1C(F)F)N(CC(F)F)c1ccnnc1. The highest BCUT2D eigenvalue weighted by molar-refractivity contribution is 6.06. The molecule has 6 nitrogen and oxygen atoms in total. The molecule has 0 bridgehead atoms. The van der Waals surface area contributed by atoms with Gasteiger partial charge in [0.15, 0.2) is 0 Å². The number of nitrogens with zero attached hydrogens (tertiary/aromatic N) is 5. The second kappa shape index (κ2) is 7.66. The number of hydrogen-bond acceptors (Lipinski definition) is 4. The van der Waals surface area contributed by atoms with Crippen LogP contribution in [0.3, 0.4) is 0 Å². The van der Waals surface area contributed by atoms with E-state index in [1.54, 1.807) is 0 Å². The Hall–Kier alpha value is -2.73. The van der Waals surface area contributed by atoms with Gasteiger partial charge in [0.25, 0.3) is 18.8 Å². The molecule has 0 N–H and O–H groups in total. The average molecular weight is 385 g/mol. The van der Waals surface area contributed by atoms with E-state index in [1.807, 2.05) is 0 Å². The van der Waals surface area contributed by atoms with Gasteiger partial charge in [0.2, 0.25) is 0 Å². The number of amides is 1. The summed E-state index contributed by atoms with van der Waals surface area (Å²) >= 11 is 0. The second-order valence-corrected chi connectivity index (χ2v) is 4.92. The number of halogens is 7. The van der Waals surface area contributed by atoms with Crippen LogP contribution in [0.2, 0.25) is 0 Å². The molecule has 0 spiro atoms. The molecule has 1 amide bonds. The third-order valence-electron chi connectivity index (χ3n) is 3.09. The van der Waals surface area contributed by atoms with Crippen molar-refractivity contribution in [3.05, 3.63) is 35.9 Å². The zero-order chi connectivity index (χ0) is 19.5. The largest absolute Gasteiger partial charge is 0.408 e. The van der Waals surface area contributed by atoms with E-state index >= 15 is 0 Å². The first kappa shape index (κ1) is 19.6. The van der Waals surface area contributed by atoms with Crippen LogP contribution in [-0.2, 0) is 6.54 Å². The normalized spacial score (nSPS) is 12.0. The summed E-state index contributed by atoms with van der Waals surface area (Å²) in [5, 5.41) is 9.94. The molecule has 0 unspecified atom stereocenters. The Morgan fingerprint density at radius 2 is 1.85 bits per heavy atom. The van der Waals surface area contributed by atoms with Gasteiger partial charge in [-0.3, -0.25) is 9.48 Å². The minimum absolute atomic E-state index is 0.0801. The molecule has 2 rings (SSSR count). The Morgan fingerprint density at radius 3 is 2.35 bits per heavy atom. The molecule has 2 aromatic rings. The van der Waals surface area contributed by atoms with Crippen LogP contribution >= 0.6 is 0 Å². The quantitative estimate of drug-likeness (QED) is 0.717. The zero-order valence-electron chi connectivity index (χ0n) is 12.7. The Kier molecular flexibility index (Phi) is 5.77. The zero-order valence-corrected chi connectivity index (χ0v) is 12.7. The molecule has 2 aromatic heterocycles. The molecule has 0 aliphatic carbocycles. The predicted molar refractivity (Wildman–Crippen MR) is 73.0 cm³/mol. The minimum atomic E-state index is -4.87. The van der Waals surface area contributed by atoms with Crippen LogP contribution in [0.4, 0.5) is 36.4 Å². The van der Waals surface area contributed by atoms with Crippen molar-refractivity contribution in [2.75, 3.05) is 11.4 Å². The molecule has 0 aromatic carbocycles. The summed E-state index contributed by atoms with van der Waals surface area (Å²) in [5.41, 5.74) is -2.41. The van der Waals surface area contributed by atoms with Crippen molar-refractivity contribution in [2.45, 2.75) is 25.6 Å². The van der Waals surface area contributed by atoms with Gasteiger partial charge in [-0.25, -0.2) is 17.6 Å². The lowest BCUT2D eigenvalue weighted by molar-refractivity contribution is -0.143. The highest BCUT2D eigenvalue weighted by Gasteiger charge is 2.35. The topological polar surface area (TPSA) is 63.9 Å². The number of anilines is 1. The van der Waals surface area contributed by atoms with E-state index in [0.29, 0.717) is 11.1 Å². The Balaban J connectivity index is 2.45. The molecule has 2 heterocycles. The van der Waals surface area contributed by atoms with E-state index in [9.17, 15) is 35.5 Å². The summed E-state index contributed by atoms with van der Waals surface area (Å²) in [6.07, 6.45) is -8.89. The fraction of sp³-hybridized carbons (Fsp3) is 0.385. The summed E-state index contributed by atoms with van der Waals surface area (Å²) in [7, 11) is 0. The summed E-state index contributed by atoms with van der Waals surface area (Å²) in [6.45, 7) is -3.04. The first-order valence-electron chi connectivity index (χ1n) is 6.87. The molecule has 0 radical (unpaired) electrons. The Labute approximate surface area is 141 Å². The summed E-state index contributed by atoms with van der Waals surface area (Å²) < 4.78 is 89.3. The number of aromatic nitrogens is 4. The lowest BCUT2D eigenvalue weighted by Crippen LogP contribution is -2.36. The van der Waals surface area contributed by atoms with Gasteiger partial charge >= 0.3 is 6.18 Å². The fourth-order valence-electron chi connectivity index (χ4n) is 2.12. The predicted octanol–water partition coefficient (Wildman–Crippen LogP) is 3.08. The van der Waals surface area contributed by atoms with Gasteiger partial charge in [-0.2, -0.15) is 28.5 Å². The number of hydrogen-bond donors (Lipinski definition) is 0. The first-order chi connectivity index (χ1) is 12.1. The van der Waals surface area contributed by atoms with E-state index in [2.05, 4.69) is 15.3 Å². The highest BCUT2D eigenvalue weighted by Crippen LogP contribution is 2.28. The maximum absolute atomic E-state index is 13.2. The average Bonchev–Trinajstić information content (AvgIpc) is 2.94. The number of rotatable bonds is 6. The number of alkyl halides is 7. The lowest BCUT2D eigenvalue weighted by Gasteiger charge is -2.22. The van der Waals surface area contributed by atoms with Crippen molar-refractivity contribution >= 4 is 11.6 Å². The maximum atomic E-state index is 13.2. The van der Waals surface area contributed by atoms with Crippen LogP contribution in [0.1, 0.15) is 22.5 Å². The maximum Gasteiger partial charge on any atom is 0.408 e. The van der Waals surface area contributed by atoms with E-state index in [4.69, 9.17) is 0 Å². The summed E-state index contributed by atoms with van der Waals surface area (Å²) in [4.78, 5) is 12.9. The van der Waals surface area contributed by atoms with Crippen LogP contribution in [0.25, 0.3) is 0 Å². The molecule has 0 fully saturated rings. The van der Waals surface area contributed by atoms with E-state index < -0.39 is 49.3 Å². The second-order valence-electron chi connectivity index (χ2n) is 4.92. The van der Waals surface area contributed by atoms with Crippen LogP contribution < -0.4 is 4.90 Å². The van der Waals surface area contributed by atoms with Gasteiger partial charge in [-0.05, 0) is 6.07 Å². The van der Waals surface area contributed by atoms with Gasteiger partial charge in [0.05, 0.1) is 36.4 Å². The molecule has 13 heteroatoms. The third kappa shape index (κ3) is 4.67. The molecule has 0 saturated carbocycles. The van der Waals surface area contributed by atoms with Crippen molar-refractivity contribution < 1.29 is 35.5 Å². The van der Waals surface area contributed by atoms with Gasteiger partial charge in [0.1, 0.15) is 12.2 Å². The van der Waals surface area contributed by atoms with Gasteiger partial charge in [-0.15, -0.1) is 0 Å². The Bertz CT molecular complexity index is 747. The number of carbonyl (C=O) groups is 1. The van der Waals surface area contributed by atoms with Gasteiger partial charge in [0, 0.05) is 0 Å². The summed E-state index contributed by atoms with van der Waals surface area (Å²) in [6, 6.07) is 1.12. The lowest BCUT2D eigenvalue weighted by atomic mass is 10.2. The first-order valence-corrected chi connectivity index (χ1v) is 6.87. The van der Waals surface area contributed by atoms with Gasteiger partial charge in [-0.1, -0.05) is 0 Å². The van der Waals surface area contributed by atoms with Crippen molar-refractivity contribution in [2.24, 2.45) is 0 Å². The minimum Gasteiger partial charge on any atom is -0.301 e. The van der Waals surface area contributed by atoms with Crippen molar-refractivity contribution in [3.8, 4) is 0 Å². The van der Waals surface area contributed by atoms with E-state index in [1.165, 1.54) is 0 Å². The molecule has 0 aliphatic rings. The van der Waals surface area contributed by atoms with Crippen LogP contribution in [0, 0.1) is 0 Å². The molecule has 142 valence electrons. The number of carbonyl (C=O) groups excluding carboxylic acids is 1. The van der Waals surface area contributed by atoms with Gasteiger partial charge < -0.3 is 4.90 Å². The molecular weight excluding hydrogens is 375 g/mol. The third-order valence-corrected chi connectivity index (χ3v) is 3.09. The Morgan fingerprint density at radius 1 is 1.15 bits per heavy atom. The molecule has 26 heavy (non-hydrogen) atoms. The van der Waals surface area contributed by atoms with Crippen LogP contribution in [0.5, 0.6) is 0 Å².